The molecule has 0 saturated heterocycles. The average molecular weight is 238 g/mol. The van der Waals surface area contributed by atoms with Crippen LogP contribution >= 0.6 is 0 Å². The maximum Gasteiger partial charge on any atom is 0.0105 e. The highest BCUT2D eigenvalue weighted by Crippen LogP contribution is 2.38. The molecule has 0 amide bonds. The average Bonchev–Trinajstić information content (AvgIpc) is 2.94. The Bertz CT molecular complexity index is 241. The lowest BCUT2D eigenvalue weighted by Gasteiger charge is -2.37. The molecule has 2 aliphatic carbocycles. The van der Waals surface area contributed by atoms with Gasteiger partial charge in [-0.1, -0.05) is 13.8 Å². The molecule has 1 N–H and O–H groups in total. The smallest absolute Gasteiger partial charge is 0.0105 e. The Balaban J connectivity index is 1.78. The molecule has 2 aliphatic rings. The molecule has 17 heavy (non-hydrogen) atoms. The van der Waals surface area contributed by atoms with Gasteiger partial charge in [-0.2, -0.15) is 0 Å². The van der Waals surface area contributed by atoms with Gasteiger partial charge in [0.15, 0.2) is 0 Å². The zero-order chi connectivity index (χ0) is 12.4. The summed E-state index contributed by atoms with van der Waals surface area (Å²) in [4.78, 5) is 2.58. The largest absolute Gasteiger partial charge is 0.317 e. The third-order valence-corrected chi connectivity index (χ3v) is 4.98. The van der Waals surface area contributed by atoms with Crippen molar-refractivity contribution in [1.29, 1.82) is 0 Å². The van der Waals surface area contributed by atoms with Gasteiger partial charge in [0.05, 0.1) is 0 Å². The highest BCUT2D eigenvalue weighted by molar-refractivity contribution is 4.87. The topological polar surface area (TPSA) is 15.3 Å². The van der Waals surface area contributed by atoms with Crippen LogP contribution in [-0.2, 0) is 0 Å². The van der Waals surface area contributed by atoms with Crippen LogP contribution in [0.25, 0.3) is 0 Å². The van der Waals surface area contributed by atoms with Gasteiger partial charge in [-0.25, -0.2) is 0 Å². The molecule has 0 spiro atoms. The van der Waals surface area contributed by atoms with E-state index in [-0.39, 0.29) is 0 Å². The van der Waals surface area contributed by atoms with Gasteiger partial charge in [-0.05, 0) is 63.5 Å². The summed E-state index contributed by atoms with van der Waals surface area (Å²) in [6, 6.07) is 0.755. The normalized spacial score (nSPS) is 41.8. The van der Waals surface area contributed by atoms with Crippen LogP contribution in [0.15, 0.2) is 0 Å². The first-order chi connectivity index (χ1) is 8.10. The predicted octanol–water partition coefficient (Wildman–Crippen LogP) is 2.60. The summed E-state index contributed by atoms with van der Waals surface area (Å²) >= 11 is 0. The van der Waals surface area contributed by atoms with Crippen LogP contribution in [0, 0.1) is 23.7 Å². The molecule has 0 aromatic carbocycles. The van der Waals surface area contributed by atoms with Gasteiger partial charge < -0.3 is 10.2 Å². The fourth-order valence-corrected chi connectivity index (χ4v) is 3.61. The Morgan fingerprint density at radius 2 is 1.71 bits per heavy atom. The Hall–Kier alpha value is -0.0800. The maximum atomic E-state index is 3.53. The van der Waals surface area contributed by atoms with Crippen LogP contribution < -0.4 is 5.32 Å². The molecule has 0 bridgehead atoms. The van der Waals surface area contributed by atoms with Crippen molar-refractivity contribution in [3.05, 3.63) is 0 Å². The van der Waals surface area contributed by atoms with Crippen molar-refractivity contribution in [3.63, 3.8) is 0 Å². The van der Waals surface area contributed by atoms with Crippen molar-refractivity contribution in [3.8, 4) is 0 Å². The summed E-state index contributed by atoms with van der Waals surface area (Å²) in [5, 5.41) is 3.53. The van der Waals surface area contributed by atoms with Crippen molar-refractivity contribution in [2.75, 3.05) is 27.2 Å². The Labute approximate surface area is 107 Å². The van der Waals surface area contributed by atoms with Gasteiger partial charge in [-0.3, -0.25) is 0 Å². The van der Waals surface area contributed by atoms with Crippen LogP contribution in [0.4, 0.5) is 0 Å². The summed E-state index contributed by atoms with van der Waals surface area (Å²) in [6.45, 7) is 7.42. The molecule has 0 aliphatic heterocycles. The molecular weight excluding hydrogens is 208 g/mol. The second kappa shape index (κ2) is 5.71. The van der Waals surface area contributed by atoms with Crippen molar-refractivity contribution in [2.24, 2.45) is 23.7 Å². The minimum Gasteiger partial charge on any atom is -0.317 e. The van der Waals surface area contributed by atoms with Gasteiger partial charge in [-0.15, -0.1) is 0 Å². The standard InChI is InChI=1S/C15H30N2/c1-11-5-6-15(16-3)14(7-11)10-17(4)9-13-8-12(13)2/h11-16H,5-10H2,1-4H3. The molecule has 2 rings (SSSR count). The molecule has 2 heteroatoms. The first kappa shape index (κ1) is 13.4. The summed E-state index contributed by atoms with van der Waals surface area (Å²) < 4.78 is 0. The lowest BCUT2D eigenvalue weighted by Crippen LogP contribution is -2.43. The van der Waals surface area contributed by atoms with E-state index in [9.17, 15) is 0 Å². The first-order valence-electron chi connectivity index (χ1n) is 7.46. The van der Waals surface area contributed by atoms with Gasteiger partial charge >= 0.3 is 0 Å². The van der Waals surface area contributed by atoms with E-state index >= 15 is 0 Å². The molecule has 2 nitrogen and oxygen atoms in total. The van der Waals surface area contributed by atoms with Crippen molar-refractivity contribution in [2.45, 2.75) is 45.6 Å². The summed E-state index contributed by atoms with van der Waals surface area (Å²) in [6.07, 6.45) is 5.65. The number of nitrogens with one attached hydrogen (secondary N) is 1. The SMILES string of the molecule is CNC1CCC(C)CC1CN(C)CC1CC1C. The van der Waals surface area contributed by atoms with Crippen LogP contribution in [-0.4, -0.2) is 38.1 Å². The fourth-order valence-electron chi connectivity index (χ4n) is 3.61. The second-order valence-corrected chi connectivity index (χ2v) is 6.77. The van der Waals surface area contributed by atoms with E-state index in [4.69, 9.17) is 0 Å². The third kappa shape index (κ3) is 3.69. The molecule has 0 heterocycles. The molecule has 5 unspecified atom stereocenters. The molecule has 0 aromatic rings. The number of hydrogen-bond donors (Lipinski definition) is 1. The number of hydrogen-bond acceptors (Lipinski definition) is 2. The minimum atomic E-state index is 0.755. The minimum absolute atomic E-state index is 0.755. The van der Waals surface area contributed by atoms with E-state index in [2.05, 4.69) is 38.2 Å². The maximum absolute atomic E-state index is 3.53. The predicted molar refractivity (Wildman–Crippen MR) is 74.1 cm³/mol. The third-order valence-electron chi connectivity index (χ3n) is 4.98. The lowest BCUT2D eigenvalue weighted by atomic mass is 9.78. The molecular formula is C15H30N2. The van der Waals surface area contributed by atoms with Crippen molar-refractivity contribution < 1.29 is 0 Å². The van der Waals surface area contributed by atoms with Crippen molar-refractivity contribution >= 4 is 0 Å². The zero-order valence-electron chi connectivity index (χ0n) is 12.1. The van der Waals surface area contributed by atoms with Gasteiger partial charge in [0.25, 0.3) is 0 Å². The molecule has 100 valence electrons. The molecule has 0 radical (unpaired) electrons. The highest BCUT2D eigenvalue weighted by atomic mass is 15.1. The summed E-state index contributed by atoms with van der Waals surface area (Å²) in [5.74, 6) is 3.78. The first-order valence-corrected chi connectivity index (χ1v) is 7.46. The monoisotopic (exact) mass is 238 g/mol. The van der Waals surface area contributed by atoms with E-state index in [0.29, 0.717) is 0 Å². The highest BCUT2D eigenvalue weighted by Gasteiger charge is 2.34. The van der Waals surface area contributed by atoms with Gasteiger partial charge in [0.2, 0.25) is 0 Å². The van der Waals surface area contributed by atoms with Gasteiger partial charge in [0.1, 0.15) is 0 Å². The van der Waals surface area contributed by atoms with E-state index in [0.717, 1.165) is 29.7 Å². The van der Waals surface area contributed by atoms with Crippen LogP contribution in [0.3, 0.4) is 0 Å². The van der Waals surface area contributed by atoms with Crippen LogP contribution in [0.2, 0.25) is 0 Å². The van der Waals surface area contributed by atoms with Crippen LogP contribution in [0.5, 0.6) is 0 Å². The quantitative estimate of drug-likeness (QED) is 0.792. The lowest BCUT2D eigenvalue weighted by molar-refractivity contribution is 0.161. The molecule has 2 saturated carbocycles. The second-order valence-electron chi connectivity index (χ2n) is 6.77. The van der Waals surface area contributed by atoms with Crippen LogP contribution in [0.1, 0.15) is 39.5 Å². The van der Waals surface area contributed by atoms with E-state index in [1.165, 1.54) is 38.8 Å². The summed E-state index contributed by atoms with van der Waals surface area (Å²) in [5.41, 5.74) is 0. The Kier molecular flexibility index (Phi) is 4.48. The van der Waals surface area contributed by atoms with Gasteiger partial charge in [0, 0.05) is 19.1 Å². The molecule has 0 aromatic heterocycles. The number of nitrogens with zero attached hydrogens (tertiary/aromatic N) is 1. The van der Waals surface area contributed by atoms with E-state index < -0.39 is 0 Å². The van der Waals surface area contributed by atoms with E-state index in [1.54, 1.807) is 0 Å². The Morgan fingerprint density at radius 3 is 2.29 bits per heavy atom. The molecule has 5 atom stereocenters. The summed E-state index contributed by atoms with van der Waals surface area (Å²) in [7, 11) is 4.45. The van der Waals surface area contributed by atoms with Crippen molar-refractivity contribution in [1.82, 2.24) is 10.2 Å². The zero-order valence-corrected chi connectivity index (χ0v) is 12.1. The van der Waals surface area contributed by atoms with E-state index in [1.807, 2.05) is 0 Å². The fraction of sp³-hybridized carbons (Fsp3) is 1.00. The Morgan fingerprint density at radius 1 is 1.06 bits per heavy atom. The molecule has 2 fully saturated rings. The number of rotatable bonds is 5.